The lowest BCUT2D eigenvalue weighted by molar-refractivity contribution is 0.102. The normalized spacial score (nSPS) is 10.3. The first-order valence-corrected chi connectivity index (χ1v) is 7.27. The molecule has 0 fully saturated rings. The molecule has 2 aromatic carbocycles. The highest BCUT2D eigenvalue weighted by Crippen LogP contribution is 2.21. The Morgan fingerprint density at radius 1 is 1.14 bits per heavy atom. The van der Waals surface area contributed by atoms with Gasteiger partial charge in [0.15, 0.2) is 0 Å². The fourth-order valence-electron chi connectivity index (χ4n) is 1.87. The Bertz CT molecular complexity index is 641. The van der Waals surface area contributed by atoms with Gasteiger partial charge in [0.05, 0.1) is 6.61 Å². The van der Waals surface area contributed by atoms with E-state index in [0.29, 0.717) is 35.2 Å². The van der Waals surface area contributed by atoms with Gasteiger partial charge < -0.3 is 14.8 Å². The summed E-state index contributed by atoms with van der Waals surface area (Å²) in [7, 11) is 1.62. The summed E-state index contributed by atoms with van der Waals surface area (Å²) in [4.78, 5) is 12.2. The zero-order chi connectivity index (χ0) is 15.9. The lowest BCUT2D eigenvalue weighted by Gasteiger charge is -2.10. The van der Waals surface area contributed by atoms with Crippen LogP contribution in [0.5, 0.6) is 5.75 Å². The Labute approximate surface area is 135 Å². The number of hydrogen-bond acceptors (Lipinski definition) is 3. The second kappa shape index (κ2) is 7.82. The molecule has 0 saturated heterocycles. The quantitative estimate of drug-likeness (QED) is 0.821. The highest BCUT2D eigenvalue weighted by Gasteiger charge is 2.08. The number of amides is 1. The molecule has 0 bridgehead atoms. The van der Waals surface area contributed by atoms with Crippen molar-refractivity contribution >= 4 is 23.2 Å². The van der Waals surface area contributed by atoms with E-state index in [9.17, 15) is 4.79 Å². The Hall–Kier alpha value is -2.04. The van der Waals surface area contributed by atoms with Gasteiger partial charge >= 0.3 is 0 Å². The third-order valence-corrected chi connectivity index (χ3v) is 3.36. The average Bonchev–Trinajstić information content (AvgIpc) is 2.52. The van der Waals surface area contributed by atoms with E-state index in [0.717, 1.165) is 5.56 Å². The minimum absolute atomic E-state index is 0.186. The topological polar surface area (TPSA) is 47.6 Å². The SMILES string of the molecule is COCCOc1ccc(C(=O)Nc2cc(Cl)ccc2C)cc1. The second-order valence-electron chi connectivity index (χ2n) is 4.78. The zero-order valence-electron chi connectivity index (χ0n) is 12.6. The molecule has 0 aliphatic rings. The monoisotopic (exact) mass is 319 g/mol. The van der Waals surface area contributed by atoms with Gasteiger partial charge in [0.2, 0.25) is 0 Å². The number of ether oxygens (including phenoxy) is 2. The molecule has 0 heterocycles. The maximum atomic E-state index is 12.2. The summed E-state index contributed by atoms with van der Waals surface area (Å²) in [6.07, 6.45) is 0. The van der Waals surface area contributed by atoms with Gasteiger partial charge in [0, 0.05) is 23.4 Å². The van der Waals surface area contributed by atoms with E-state index in [1.54, 1.807) is 43.5 Å². The summed E-state index contributed by atoms with van der Waals surface area (Å²) in [6.45, 7) is 2.92. The minimum atomic E-state index is -0.186. The number of rotatable bonds is 6. The number of hydrogen-bond donors (Lipinski definition) is 1. The highest BCUT2D eigenvalue weighted by molar-refractivity contribution is 6.31. The molecule has 0 spiro atoms. The van der Waals surface area contributed by atoms with Crippen LogP contribution in [0.25, 0.3) is 0 Å². The van der Waals surface area contributed by atoms with Crippen LogP contribution in [0.15, 0.2) is 42.5 Å². The molecule has 4 nitrogen and oxygen atoms in total. The molecule has 0 aliphatic carbocycles. The van der Waals surface area contributed by atoms with Crippen molar-refractivity contribution in [1.82, 2.24) is 0 Å². The highest BCUT2D eigenvalue weighted by atomic mass is 35.5. The smallest absolute Gasteiger partial charge is 0.255 e. The van der Waals surface area contributed by atoms with Crippen LogP contribution in [0.1, 0.15) is 15.9 Å². The Morgan fingerprint density at radius 3 is 2.55 bits per heavy atom. The Balaban J connectivity index is 2.02. The van der Waals surface area contributed by atoms with E-state index in [4.69, 9.17) is 21.1 Å². The van der Waals surface area contributed by atoms with Crippen molar-refractivity contribution in [3.8, 4) is 5.75 Å². The van der Waals surface area contributed by atoms with Crippen LogP contribution in [0, 0.1) is 6.92 Å². The van der Waals surface area contributed by atoms with Crippen LogP contribution in [0.2, 0.25) is 5.02 Å². The van der Waals surface area contributed by atoms with Crippen LogP contribution < -0.4 is 10.1 Å². The number of anilines is 1. The van der Waals surface area contributed by atoms with Crippen LogP contribution in [-0.4, -0.2) is 26.2 Å². The number of carbonyl (C=O) groups excluding carboxylic acids is 1. The molecule has 0 aliphatic heterocycles. The molecule has 0 atom stereocenters. The molecule has 5 heteroatoms. The van der Waals surface area contributed by atoms with Crippen molar-refractivity contribution in [1.29, 1.82) is 0 Å². The molecular weight excluding hydrogens is 302 g/mol. The summed E-state index contributed by atoms with van der Waals surface area (Å²) in [5.74, 6) is 0.515. The van der Waals surface area contributed by atoms with Crippen molar-refractivity contribution in [3.05, 3.63) is 58.6 Å². The van der Waals surface area contributed by atoms with E-state index in [-0.39, 0.29) is 5.91 Å². The van der Waals surface area contributed by atoms with Crippen LogP contribution >= 0.6 is 11.6 Å². The van der Waals surface area contributed by atoms with Gasteiger partial charge in [-0.05, 0) is 48.9 Å². The standard InChI is InChI=1S/C17H18ClNO3/c1-12-3-6-14(18)11-16(12)19-17(20)13-4-7-15(8-5-13)22-10-9-21-2/h3-8,11H,9-10H2,1-2H3,(H,19,20). The summed E-state index contributed by atoms with van der Waals surface area (Å²) < 4.78 is 10.4. The first-order valence-electron chi connectivity index (χ1n) is 6.89. The van der Waals surface area contributed by atoms with E-state index >= 15 is 0 Å². The lowest BCUT2D eigenvalue weighted by atomic mass is 10.1. The van der Waals surface area contributed by atoms with Gasteiger partial charge in [-0.1, -0.05) is 17.7 Å². The summed E-state index contributed by atoms with van der Waals surface area (Å²) in [6, 6.07) is 12.3. The number of halogens is 1. The summed E-state index contributed by atoms with van der Waals surface area (Å²) in [5, 5.41) is 3.44. The predicted molar refractivity (Wildman–Crippen MR) is 88.0 cm³/mol. The maximum absolute atomic E-state index is 12.2. The number of nitrogens with one attached hydrogen (secondary N) is 1. The largest absolute Gasteiger partial charge is 0.491 e. The molecule has 0 unspecified atom stereocenters. The fourth-order valence-corrected chi connectivity index (χ4v) is 2.04. The van der Waals surface area contributed by atoms with Gasteiger partial charge in [0.1, 0.15) is 12.4 Å². The van der Waals surface area contributed by atoms with Gasteiger partial charge in [-0.3, -0.25) is 4.79 Å². The molecule has 0 saturated carbocycles. The first-order chi connectivity index (χ1) is 10.6. The van der Waals surface area contributed by atoms with Crippen molar-refractivity contribution in [2.75, 3.05) is 25.6 Å². The van der Waals surface area contributed by atoms with Crippen molar-refractivity contribution < 1.29 is 14.3 Å². The molecule has 1 N–H and O–H groups in total. The van der Waals surface area contributed by atoms with Crippen LogP contribution in [-0.2, 0) is 4.74 Å². The summed E-state index contributed by atoms with van der Waals surface area (Å²) in [5.41, 5.74) is 2.22. The molecule has 2 rings (SSSR count). The number of aryl methyl sites for hydroxylation is 1. The third-order valence-electron chi connectivity index (χ3n) is 3.12. The lowest BCUT2D eigenvalue weighted by Crippen LogP contribution is -2.12. The molecule has 22 heavy (non-hydrogen) atoms. The predicted octanol–water partition coefficient (Wildman–Crippen LogP) is 3.93. The van der Waals surface area contributed by atoms with Gasteiger partial charge in [0.25, 0.3) is 5.91 Å². The molecular formula is C17H18ClNO3. The summed E-state index contributed by atoms with van der Waals surface area (Å²) >= 11 is 5.95. The molecule has 116 valence electrons. The van der Waals surface area contributed by atoms with Gasteiger partial charge in [-0.2, -0.15) is 0 Å². The molecule has 0 aromatic heterocycles. The maximum Gasteiger partial charge on any atom is 0.255 e. The van der Waals surface area contributed by atoms with Crippen molar-refractivity contribution in [3.63, 3.8) is 0 Å². The first kappa shape index (κ1) is 16.3. The minimum Gasteiger partial charge on any atom is -0.491 e. The second-order valence-corrected chi connectivity index (χ2v) is 5.22. The van der Waals surface area contributed by atoms with Crippen molar-refractivity contribution in [2.45, 2.75) is 6.92 Å². The zero-order valence-corrected chi connectivity index (χ0v) is 13.3. The van der Waals surface area contributed by atoms with Crippen LogP contribution in [0.4, 0.5) is 5.69 Å². The Morgan fingerprint density at radius 2 is 1.86 bits per heavy atom. The van der Waals surface area contributed by atoms with Crippen molar-refractivity contribution in [2.24, 2.45) is 0 Å². The number of benzene rings is 2. The molecule has 0 radical (unpaired) electrons. The van der Waals surface area contributed by atoms with Crippen LogP contribution in [0.3, 0.4) is 0 Å². The average molecular weight is 320 g/mol. The van der Waals surface area contributed by atoms with E-state index in [1.165, 1.54) is 0 Å². The van der Waals surface area contributed by atoms with E-state index in [2.05, 4.69) is 5.32 Å². The number of carbonyl (C=O) groups is 1. The van der Waals surface area contributed by atoms with Gasteiger partial charge in [-0.15, -0.1) is 0 Å². The van der Waals surface area contributed by atoms with E-state index < -0.39 is 0 Å². The van der Waals surface area contributed by atoms with E-state index in [1.807, 2.05) is 13.0 Å². The molecule has 1 amide bonds. The Kier molecular flexibility index (Phi) is 5.81. The van der Waals surface area contributed by atoms with Gasteiger partial charge in [-0.25, -0.2) is 0 Å². The molecule has 2 aromatic rings. The number of methoxy groups -OCH3 is 1. The third kappa shape index (κ3) is 4.48. The fraction of sp³-hybridized carbons (Fsp3) is 0.235.